The Morgan fingerprint density at radius 3 is 0.710 bits per heavy atom. The summed E-state index contributed by atoms with van der Waals surface area (Å²) >= 11 is 0. The van der Waals surface area contributed by atoms with E-state index in [1.54, 1.807) is 89.4 Å². The third kappa shape index (κ3) is 25.5. The van der Waals surface area contributed by atoms with Crippen molar-refractivity contribution < 1.29 is 97.3 Å². The van der Waals surface area contributed by atoms with Gasteiger partial charge in [0.05, 0.1) is 121 Å². The van der Waals surface area contributed by atoms with E-state index in [9.17, 15) is 49.2 Å². The van der Waals surface area contributed by atoms with Crippen molar-refractivity contribution in [2.24, 2.45) is 5.73 Å². The van der Waals surface area contributed by atoms with Crippen LogP contribution in [0, 0.1) is 34.6 Å². The average molecular weight is 1900 g/mol. The zero-order chi connectivity index (χ0) is 99.5. The number of nitrogens with zero attached hydrogens (tertiary/aromatic N) is 10. The number of imidazole rings is 5. The van der Waals surface area contributed by atoms with Gasteiger partial charge in [0.25, 0.3) is 0 Å². The number of hydrogen-bond donors (Lipinski definition) is 11. The fourth-order valence-corrected chi connectivity index (χ4v) is 16.6. The number of aliphatic carboxylic acids is 2. The third-order valence-electron chi connectivity index (χ3n) is 26.5. The van der Waals surface area contributed by atoms with Gasteiger partial charge in [-0.2, -0.15) is 0 Å². The molecule has 35 heteroatoms. The Hall–Kier alpha value is -14.3. The molecule has 6 aliphatic rings. The Morgan fingerprint density at radius 1 is 0.290 bits per heavy atom. The van der Waals surface area contributed by atoms with Crippen molar-refractivity contribution >= 4 is 35.6 Å². The number of hydrogen-bond acceptors (Lipinski definition) is 24. The van der Waals surface area contributed by atoms with E-state index < -0.39 is 44.4 Å². The maximum absolute atomic E-state index is 12.7. The van der Waals surface area contributed by atoms with E-state index in [0.29, 0.717) is 109 Å². The van der Waals surface area contributed by atoms with Crippen LogP contribution in [0.1, 0.15) is 171 Å². The summed E-state index contributed by atoms with van der Waals surface area (Å²) in [5.41, 5.74) is 12.9. The number of carbonyl (C=O) groups excluding carboxylic acids is 4. The number of aryl methyl sites for hydroxylation is 10. The SMILES string of the molecule is COc1cc(C2(C(=O)NCCCn3cncc3C)CC2)ccc1O.COc1cc(C2(C(=O)O)CC2)ccc1O.COc1ccc(C2(C(=O)NCCCn3cncc3C)CC2)cc1O.COc1ccc(C2(C(=O)NCCCn3cncc3C)CC2)cc1OC.COc1ccc(C2(C(=O)NCCCn3cncc3C)CC2)cc1OC.COc1ccc(C2(C(=O)O)CC2)cc1O.Cc1cncn1CCCN. The van der Waals surface area contributed by atoms with Crippen LogP contribution >= 0.6 is 0 Å². The monoisotopic (exact) mass is 1900 g/mol. The number of amides is 4. The Morgan fingerprint density at radius 2 is 0.500 bits per heavy atom. The van der Waals surface area contributed by atoms with Crippen molar-refractivity contribution in [2.45, 2.75) is 209 Å². The quantitative estimate of drug-likeness (QED) is 0.0159. The molecule has 11 aromatic rings. The molecule has 740 valence electrons. The van der Waals surface area contributed by atoms with Gasteiger partial charge in [0.2, 0.25) is 23.6 Å². The first-order valence-electron chi connectivity index (χ1n) is 46.5. The first-order valence-corrected chi connectivity index (χ1v) is 46.5. The third-order valence-corrected chi connectivity index (χ3v) is 26.5. The summed E-state index contributed by atoms with van der Waals surface area (Å²) in [7, 11) is 12.4. The summed E-state index contributed by atoms with van der Waals surface area (Å²) in [5, 5.41) is 69.0. The number of phenolic OH excluding ortho intramolecular Hbond substituents is 4. The Kier molecular flexibility index (Phi) is 35.9. The standard InChI is InChI=1S/2C19H25N3O3.2C18H23N3O3.2C11H12O4.C7H13N3/c2*1-14-12-20-13-22(14)10-4-9-21-18(23)19(7-8-19)15-5-6-16(24-2)17(11-15)25-3;1-13-11-19-12-21(13)9-3-8-20-17(23)18(6-7-18)14-4-5-16(24-2)15(22)10-14;1-13-11-19-12-21(13)9-3-8-20-17(23)18(6-7-18)14-4-5-15(22)16(10-14)24-2;1-15-9-3-2-7(6-8(9)12)11(4-5-11)10(13)14;1-15-9-6-7(2-3-8(9)12)11(4-5-11)10(13)14;1-7-5-9-6-10(7)4-2-3-8/h2*5-6,11-13H,4,7-10H2,1-3H3,(H,21,23);2*4-5,10-12,22H,3,6-9H2,1-2H3,(H,20,23);2*2-3,6,12H,4-5H2,1H3,(H,13,14);5-6H,2-4,8H2,1H3. The number of ether oxygens (including phenoxy) is 8. The van der Waals surface area contributed by atoms with Crippen LogP contribution in [0.2, 0.25) is 0 Å². The fourth-order valence-electron chi connectivity index (χ4n) is 16.6. The van der Waals surface area contributed by atoms with Crippen LogP contribution in [0.3, 0.4) is 0 Å². The van der Waals surface area contributed by atoms with Gasteiger partial charge in [0.1, 0.15) is 0 Å². The van der Waals surface area contributed by atoms with Crippen LogP contribution in [0.25, 0.3) is 0 Å². The number of carboxylic acids is 2. The maximum Gasteiger partial charge on any atom is 0.314 e. The van der Waals surface area contributed by atoms with Crippen LogP contribution in [0.4, 0.5) is 0 Å². The van der Waals surface area contributed by atoms with E-state index in [4.69, 9.17) is 53.8 Å². The molecule has 0 unspecified atom stereocenters. The van der Waals surface area contributed by atoms with Gasteiger partial charge in [-0.05, 0) is 256 Å². The van der Waals surface area contributed by atoms with Crippen molar-refractivity contribution in [1.82, 2.24) is 69.0 Å². The van der Waals surface area contributed by atoms with Crippen molar-refractivity contribution in [2.75, 3.05) is 89.6 Å². The van der Waals surface area contributed by atoms with Crippen molar-refractivity contribution in [1.29, 1.82) is 0 Å². The molecule has 17 rings (SSSR count). The van der Waals surface area contributed by atoms with Crippen molar-refractivity contribution in [3.05, 3.63) is 234 Å². The molecule has 0 spiro atoms. The summed E-state index contributed by atoms with van der Waals surface area (Å²) in [5.74, 6) is 3.02. The molecule has 0 bridgehead atoms. The number of nitrogens with one attached hydrogen (secondary N) is 4. The van der Waals surface area contributed by atoms with Gasteiger partial charge in [0, 0.05) is 118 Å². The van der Waals surface area contributed by atoms with Gasteiger partial charge in [-0.15, -0.1) is 0 Å². The maximum atomic E-state index is 12.7. The van der Waals surface area contributed by atoms with Gasteiger partial charge in [-0.1, -0.05) is 36.4 Å². The number of nitrogens with two attached hydrogens (primary N) is 1. The minimum Gasteiger partial charge on any atom is -0.504 e. The molecule has 35 nitrogen and oxygen atoms in total. The molecule has 12 N–H and O–H groups in total. The highest BCUT2D eigenvalue weighted by Gasteiger charge is 2.56. The summed E-state index contributed by atoms with van der Waals surface area (Å²) in [4.78, 5) is 93.1. The molecular formula is C103H133N15O20. The minimum absolute atomic E-state index is 0.0116. The molecule has 0 saturated heterocycles. The first kappa shape index (κ1) is 104. The second-order valence-electron chi connectivity index (χ2n) is 35.5. The Labute approximate surface area is 804 Å². The lowest BCUT2D eigenvalue weighted by Gasteiger charge is -2.18. The fraction of sp³-hybridized carbons (Fsp3) is 0.447. The van der Waals surface area contributed by atoms with E-state index in [-0.39, 0.29) is 46.6 Å². The topological polar surface area (TPSA) is 461 Å². The van der Waals surface area contributed by atoms with E-state index >= 15 is 0 Å². The minimum atomic E-state index is -0.827. The van der Waals surface area contributed by atoms with E-state index in [1.165, 1.54) is 46.3 Å². The van der Waals surface area contributed by atoms with Crippen molar-refractivity contribution in [3.63, 3.8) is 0 Å². The highest BCUT2D eigenvalue weighted by atomic mass is 16.5. The molecule has 138 heavy (non-hydrogen) atoms. The molecule has 6 fully saturated rings. The predicted molar refractivity (Wildman–Crippen MR) is 517 cm³/mol. The highest BCUT2D eigenvalue weighted by molar-refractivity contribution is 5.94. The normalized spacial score (nSPS) is 15.1. The zero-order valence-corrected chi connectivity index (χ0v) is 81.2. The number of aromatic nitrogens is 10. The Bertz CT molecular complexity index is 5800. The molecule has 6 saturated carbocycles. The molecule has 5 heterocycles. The summed E-state index contributed by atoms with van der Waals surface area (Å²) in [6, 6.07) is 31.3. The van der Waals surface area contributed by atoms with Crippen LogP contribution in [0.15, 0.2) is 172 Å². The largest absolute Gasteiger partial charge is 0.504 e. The van der Waals surface area contributed by atoms with Gasteiger partial charge in [-0.3, -0.25) is 28.8 Å². The molecular weight excluding hydrogens is 1770 g/mol. The lowest BCUT2D eigenvalue weighted by Crippen LogP contribution is -2.35. The summed E-state index contributed by atoms with van der Waals surface area (Å²) in [6.45, 7) is 17.8. The number of benzene rings is 6. The van der Waals surface area contributed by atoms with E-state index in [1.807, 2.05) is 133 Å². The molecule has 0 atom stereocenters. The molecule has 4 amide bonds. The van der Waals surface area contributed by atoms with Gasteiger partial charge >= 0.3 is 11.9 Å². The van der Waals surface area contributed by atoms with Gasteiger partial charge in [-0.25, -0.2) is 24.9 Å². The first-order chi connectivity index (χ1) is 66.4. The van der Waals surface area contributed by atoms with Gasteiger partial charge in [0.15, 0.2) is 69.0 Å². The zero-order valence-electron chi connectivity index (χ0n) is 81.2. The van der Waals surface area contributed by atoms with E-state index in [0.717, 1.165) is 168 Å². The van der Waals surface area contributed by atoms with Crippen LogP contribution in [0.5, 0.6) is 69.0 Å². The Balaban J connectivity index is 0.000000157. The molecule has 0 aliphatic heterocycles. The van der Waals surface area contributed by atoms with Crippen molar-refractivity contribution in [3.8, 4) is 69.0 Å². The lowest BCUT2D eigenvalue weighted by atomic mass is 9.94. The number of aromatic hydroxyl groups is 4. The van der Waals surface area contributed by atoms with Crippen LogP contribution in [-0.4, -0.2) is 204 Å². The van der Waals surface area contributed by atoms with E-state index in [2.05, 4.69) is 69.0 Å². The number of methoxy groups -OCH3 is 8. The number of carboxylic acid groups (broad SMARTS) is 2. The summed E-state index contributed by atoms with van der Waals surface area (Å²) < 4.78 is 51.8. The van der Waals surface area contributed by atoms with Crippen LogP contribution < -0.4 is 64.9 Å². The molecule has 6 aromatic carbocycles. The smallest absolute Gasteiger partial charge is 0.314 e. The molecule has 0 radical (unpaired) electrons. The average Bonchev–Trinajstić information content (AvgIpc) is 1.57. The molecule has 5 aromatic heterocycles. The number of rotatable bonds is 39. The number of carbonyl (C=O) groups is 6. The number of phenols is 4. The molecule has 6 aliphatic carbocycles. The summed E-state index contributed by atoms with van der Waals surface area (Å²) in [6.07, 6.45) is 32.1. The highest BCUT2D eigenvalue weighted by Crippen LogP contribution is 2.55. The lowest BCUT2D eigenvalue weighted by molar-refractivity contribution is -0.141. The predicted octanol–water partition coefficient (Wildman–Crippen LogP) is 12.8. The van der Waals surface area contributed by atoms with Crippen LogP contribution in [-0.2, 0) is 94.0 Å². The second kappa shape index (κ2) is 47.5. The second-order valence-corrected chi connectivity index (χ2v) is 35.5. The van der Waals surface area contributed by atoms with Gasteiger partial charge < -0.3 is 118 Å².